The molecule has 2 rings (SSSR count). The number of methoxy groups -OCH3 is 1. The summed E-state index contributed by atoms with van der Waals surface area (Å²) in [5.41, 5.74) is 2.92. The summed E-state index contributed by atoms with van der Waals surface area (Å²) in [6, 6.07) is 9.29. The van der Waals surface area contributed by atoms with Crippen LogP contribution < -0.4 is 5.32 Å². The maximum absolute atomic E-state index is 5.72. The molecular weight excluding hydrogens is 234 g/mol. The minimum atomic E-state index is 0.213. The molecule has 1 aromatic carbocycles. The molecule has 2 atom stereocenters. The largest absolute Gasteiger partial charge is 0.379 e. The van der Waals surface area contributed by atoms with Crippen molar-refractivity contribution in [2.24, 2.45) is 5.92 Å². The molecule has 19 heavy (non-hydrogen) atoms. The third kappa shape index (κ3) is 3.37. The van der Waals surface area contributed by atoms with Gasteiger partial charge in [0.1, 0.15) is 0 Å². The number of nitrogens with one attached hydrogen (secondary N) is 1. The molecule has 0 aliphatic heterocycles. The van der Waals surface area contributed by atoms with Crippen LogP contribution in [0.4, 0.5) is 0 Å². The molecule has 0 heterocycles. The van der Waals surface area contributed by atoms with Crippen LogP contribution in [0.2, 0.25) is 0 Å². The highest BCUT2D eigenvalue weighted by molar-refractivity contribution is 5.30. The van der Waals surface area contributed by atoms with Gasteiger partial charge in [-0.3, -0.25) is 0 Å². The summed E-state index contributed by atoms with van der Waals surface area (Å²) in [6.45, 7) is 6.75. The molecule has 0 bridgehead atoms. The number of hydrogen-bond donors (Lipinski definition) is 1. The van der Waals surface area contributed by atoms with Crippen molar-refractivity contribution in [1.82, 2.24) is 5.32 Å². The number of likely N-dealkylation sites (N-methyl/N-ethyl adjacent to an activating group) is 1. The van der Waals surface area contributed by atoms with Crippen molar-refractivity contribution in [1.29, 1.82) is 0 Å². The normalized spacial score (nSPS) is 19.2. The summed E-state index contributed by atoms with van der Waals surface area (Å²) in [6.07, 6.45) is 2.90. The van der Waals surface area contributed by atoms with Gasteiger partial charge in [0.2, 0.25) is 0 Å². The molecule has 0 amide bonds. The van der Waals surface area contributed by atoms with E-state index in [0.717, 1.165) is 5.92 Å². The van der Waals surface area contributed by atoms with Gasteiger partial charge in [-0.2, -0.15) is 0 Å². The van der Waals surface area contributed by atoms with Crippen molar-refractivity contribution >= 4 is 0 Å². The van der Waals surface area contributed by atoms with E-state index in [-0.39, 0.29) is 5.41 Å². The van der Waals surface area contributed by atoms with Crippen molar-refractivity contribution in [2.75, 3.05) is 14.2 Å². The fraction of sp³-hybridized carbons (Fsp3) is 0.647. The van der Waals surface area contributed by atoms with Crippen LogP contribution in [0.1, 0.15) is 50.8 Å². The molecule has 106 valence electrons. The molecule has 1 saturated carbocycles. The van der Waals surface area contributed by atoms with Gasteiger partial charge in [0.25, 0.3) is 0 Å². The van der Waals surface area contributed by atoms with E-state index in [4.69, 9.17) is 4.74 Å². The fourth-order valence-electron chi connectivity index (χ4n) is 2.74. The van der Waals surface area contributed by atoms with Crippen molar-refractivity contribution in [3.05, 3.63) is 35.4 Å². The zero-order valence-electron chi connectivity index (χ0n) is 12.9. The Kier molecular flexibility index (Phi) is 4.32. The van der Waals surface area contributed by atoms with Gasteiger partial charge >= 0.3 is 0 Å². The van der Waals surface area contributed by atoms with E-state index in [9.17, 15) is 0 Å². The molecule has 2 nitrogen and oxygen atoms in total. The van der Waals surface area contributed by atoms with Gasteiger partial charge in [0.15, 0.2) is 0 Å². The van der Waals surface area contributed by atoms with Crippen LogP contribution in [-0.4, -0.2) is 20.3 Å². The molecule has 1 fully saturated rings. The minimum absolute atomic E-state index is 0.213. The van der Waals surface area contributed by atoms with Gasteiger partial charge in [-0.1, -0.05) is 45.0 Å². The molecule has 2 heteroatoms. The lowest BCUT2D eigenvalue weighted by Gasteiger charge is -2.27. The highest BCUT2D eigenvalue weighted by atomic mass is 16.5. The molecule has 2 unspecified atom stereocenters. The number of rotatable bonds is 5. The molecule has 0 radical (unpaired) electrons. The Hall–Kier alpha value is -0.860. The summed E-state index contributed by atoms with van der Waals surface area (Å²) in [5, 5.41) is 3.42. The predicted molar refractivity (Wildman–Crippen MR) is 80.5 cm³/mol. The lowest BCUT2D eigenvalue weighted by atomic mass is 9.85. The zero-order valence-corrected chi connectivity index (χ0v) is 12.9. The zero-order chi connectivity index (χ0) is 14.0. The second-order valence-corrected chi connectivity index (χ2v) is 6.68. The summed E-state index contributed by atoms with van der Waals surface area (Å²) < 4.78 is 5.72. The maximum atomic E-state index is 5.72. The van der Waals surface area contributed by atoms with Gasteiger partial charge in [0.05, 0.1) is 12.1 Å². The highest BCUT2D eigenvalue weighted by Gasteiger charge is 2.36. The topological polar surface area (TPSA) is 21.3 Å². The molecule has 0 saturated heterocycles. The minimum Gasteiger partial charge on any atom is -0.379 e. The first-order valence-corrected chi connectivity index (χ1v) is 7.28. The van der Waals surface area contributed by atoms with Crippen LogP contribution in [0.3, 0.4) is 0 Å². The Labute approximate surface area is 117 Å². The van der Waals surface area contributed by atoms with Crippen LogP contribution in [0.5, 0.6) is 0 Å². The Morgan fingerprint density at radius 1 is 1.16 bits per heavy atom. The van der Waals surface area contributed by atoms with E-state index in [1.54, 1.807) is 0 Å². The third-order valence-corrected chi connectivity index (χ3v) is 4.13. The number of ether oxygens (including phenoxy) is 1. The first-order chi connectivity index (χ1) is 8.97. The molecule has 0 spiro atoms. The van der Waals surface area contributed by atoms with Crippen molar-refractivity contribution < 1.29 is 4.74 Å². The van der Waals surface area contributed by atoms with Crippen molar-refractivity contribution in [3.63, 3.8) is 0 Å². The van der Waals surface area contributed by atoms with E-state index in [2.05, 4.69) is 50.4 Å². The van der Waals surface area contributed by atoms with Gasteiger partial charge in [-0.25, -0.2) is 0 Å². The first kappa shape index (κ1) is 14.5. The van der Waals surface area contributed by atoms with E-state index >= 15 is 0 Å². The van der Waals surface area contributed by atoms with Crippen LogP contribution >= 0.6 is 0 Å². The van der Waals surface area contributed by atoms with Crippen LogP contribution in [0.15, 0.2) is 24.3 Å². The summed E-state index contributed by atoms with van der Waals surface area (Å²) in [4.78, 5) is 0. The molecule has 0 aromatic heterocycles. The van der Waals surface area contributed by atoms with E-state index < -0.39 is 0 Å². The second kappa shape index (κ2) is 5.64. The monoisotopic (exact) mass is 261 g/mol. The Morgan fingerprint density at radius 3 is 2.11 bits per heavy atom. The molecule has 1 aliphatic carbocycles. The average molecular weight is 261 g/mol. The van der Waals surface area contributed by atoms with Gasteiger partial charge in [0, 0.05) is 7.11 Å². The van der Waals surface area contributed by atoms with E-state index in [1.807, 2.05) is 14.2 Å². The molecule has 1 N–H and O–H groups in total. The number of hydrogen-bond acceptors (Lipinski definition) is 2. The maximum Gasteiger partial charge on any atom is 0.0793 e. The Bertz CT molecular complexity index is 400. The van der Waals surface area contributed by atoms with Crippen molar-refractivity contribution in [3.8, 4) is 0 Å². The third-order valence-electron chi connectivity index (χ3n) is 4.13. The van der Waals surface area contributed by atoms with E-state index in [0.29, 0.717) is 12.1 Å². The SMILES string of the molecule is CNC(c1ccc(C(C)(C)C)cc1)C(OC)C1CC1. The second-order valence-electron chi connectivity index (χ2n) is 6.68. The highest BCUT2D eigenvalue weighted by Crippen LogP contribution is 2.39. The fourth-order valence-corrected chi connectivity index (χ4v) is 2.74. The Morgan fingerprint density at radius 2 is 1.74 bits per heavy atom. The van der Waals surface area contributed by atoms with Gasteiger partial charge in [-0.05, 0) is 42.3 Å². The Balaban J connectivity index is 2.18. The van der Waals surface area contributed by atoms with Crippen molar-refractivity contribution in [2.45, 2.75) is 51.2 Å². The summed E-state index contributed by atoms with van der Waals surface area (Å²) in [7, 11) is 3.85. The molecule has 1 aromatic rings. The lowest BCUT2D eigenvalue weighted by molar-refractivity contribution is 0.0530. The average Bonchev–Trinajstić information content (AvgIpc) is 3.19. The number of benzene rings is 1. The molecular formula is C17H27NO. The summed E-state index contributed by atoms with van der Waals surface area (Å²) in [5.74, 6) is 0.727. The van der Waals surface area contributed by atoms with Crippen LogP contribution in [-0.2, 0) is 10.2 Å². The molecule has 1 aliphatic rings. The first-order valence-electron chi connectivity index (χ1n) is 7.28. The van der Waals surface area contributed by atoms with Gasteiger partial charge in [-0.15, -0.1) is 0 Å². The lowest BCUT2D eigenvalue weighted by Crippen LogP contribution is -2.32. The quantitative estimate of drug-likeness (QED) is 0.873. The van der Waals surface area contributed by atoms with Gasteiger partial charge < -0.3 is 10.1 Å². The smallest absolute Gasteiger partial charge is 0.0793 e. The summed E-state index contributed by atoms with van der Waals surface area (Å²) >= 11 is 0. The van der Waals surface area contributed by atoms with E-state index in [1.165, 1.54) is 24.0 Å². The predicted octanol–water partition coefficient (Wildman–Crippen LogP) is 3.67. The standard InChI is InChI=1S/C17H27NO/c1-17(2,3)14-10-8-12(9-11-14)15(18-4)16(19-5)13-6-7-13/h8-11,13,15-16,18H,6-7H2,1-5H3. The van der Waals surface area contributed by atoms with Crippen LogP contribution in [0, 0.1) is 5.92 Å². The van der Waals surface area contributed by atoms with Crippen LogP contribution in [0.25, 0.3) is 0 Å².